The number of hydrogen-bond acceptors (Lipinski definition) is 2. The normalized spacial score (nSPS) is 33.5. The third kappa shape index (κ3) is 3.96. The highest BCUT2D eigenvalue weighted by atomic mass is 15.2. The SMILES string of the molecule is CC1CCN(CC2CCCCCC2)C(CN)C1. The van der Waals surface area contributed by atoms with Gasteiger partial charge in [-0.15, -0.1) is 0 Å². The van der Waals surface area contributed by atoms with Gasteiger partial charge in [0.2, 0.25) is 0 Å². The van der Waals surface area contributed by atoms with Gasteiger partial charge in [0.15, 0.2) is 0 Å². The maximum Gasteiger partial charge on any atom is 0.0221 e. The minimum atomic E-state index is 0.669. The Balaban J connectivity index is 1.83. The molecule has 0 aromatic heterocycles. The Kier molecular flexibility index (Phi) is 5.30. The molecule has 0 amide bonds. The third-order valence-corrected chi connectivity index (χ3v) is 4.84. The second-order valence-electron chi connectivity index (χ2n) is 6.37. The van der Waals surface area contributed by atoms with E-state index < -0.39 is 0 Å². The van der Waals surface area contributed by atoms with Gasteiger partial charge in [-0.2, -0.15) is 0 Å². The van der Waals surface area contributed by atoms with Gasteiger partial charge in [0.05, 0.1) is 0 Å². The van der Waals surface area contributed by atoms with Crippen LogP contribution in [0.4, 0.5) is 0 Å². The van der Waals surface area contributed by atoms with Crippen molar-refractivity contribution >= 4 is 0 Å². The lowest BCUT2D eigenvalue weighted by Crippen LogP contribution is -2.48. The molecule has 0 spiro atoms. The van der Waals surface area contributed by atoms with E-state index in [1.54, 1.807) is 0 Å². The summed E-state index contributed by atoms with van der Waals surface area (Å²) in [6.07, 6.45) is 11.5. The Morgan fingerprint density at radius 1 is 1.06 bits per heavy atom. The molecular weight excluding hydrogens is 208 g/mol. The molecule has 2 rings (SSSR count). The van der Waals surface area contributed by atoms with Gasteiger partial charge >= 0.3 is 0 Å². The Labute approximate surface area is 107 Å². The van der Waals surface area contributed by atoms with E-state index in [1.165, 1.54) is 64.5 Å². The highest BCUT2D eigenvalue weighted by molar-refractivity contribution is 4.82. The zero-order valence-electron chi connectivity index (χ0n) is 11.5. The second kappa shape index (κ2) is 6.75. The fourth-order valence-electron chi connectivity index (χ4n) is 3.66. The summed E-state index contributed by atoms with van der Waals surface area (Å²) in [6.45, 7) is 5.86. The topological polar surface area (TPSA) is 29.3 Å². The fourth-order valence-corrected chi connectivity index (χ4v) is 3.66. The molecule has 2 heteroatoms. The van der Waals surface area contributed by atoms with Crippen molar-refractivity contribution in [1.29, 1.82) is 0 Å². The van der Waals surface area contributed by atoms with Crippen LogP contribution in [0.15, 0.2) is 0 Å². The van der Waals surface area contributed by atoms with E-state index in [9.17, 15) is 0 Å². The van der Waals surface area contributed by atoms with Gasteiger partial charge in [0.1, 0.15) is 0 Å². The molecule has 1 saturated carbocycles. The molecule has 100 valence electrons. The molecule has 2 atom stereocenters. The predicted molar refractivity (Wildman–Crippen MR) is 74.0 cm³/mol. The van der Waals surface area contributed by atoms with Crippen LogP contribution in [0.2, 0.25) is 0 Å². The molecule has 1 heterocycles. The molecule has 0 aromatic carbocycles. The number of nitrogens with zero attached hydrogens (tertiary/aromatic N) is 1. The Bertz CT molecular complexity index is 209. The summed E-state index contributed by atoms with van der Waals surface area (Å²) in [7, 11) is 0. The summed E-state index contributed by atoms with van der Waals surface area (Å²) in [5.74, 6) is 1.84. The summed E-state index contributed by atoms with van der Waals surface area (Å²) in [4.78, 5) is 2.70. The second-order valence-corrected chi connectivity index (χ2v) is 6.37. The van der Waals surface area contributed by atoms with Crippen molar-refractivity contribution in [2.75, 3.05) is 19.6 Å². The minimum Gasteiger partial charge on any atom is -0.329 e. The summed E-state index contributed by atoms with van der Waals surface area (Å²) >= 11 is 0. The van der Waals surface area contributed by atoms with E-state index in [4.69, 9.17) is 5.73 Å². The highest BCUT2D eigenvalue weighted by Crippen LogP contribution is 2.27. The molecular formula is C15H30N2. The predicted octanol–water partition coefficient (Wildman–Crippen LogP) is 3.02. The number of nitrogens with two attached hydrogens (primary N) is 1. The van der Waals surface area contributed by atoms with Crippen molar-refractivity contribution in [2.24, 2.45) is 17.6 Å². The summed E-state index contributed by atoms with van der Waals surface area (Å²) in [5.41, 5.74) is 5.95. The molecule has 1 aliphatic heterocycles. The molecule has 2 fully saturated rings. The van der Waals surface area contributed by atoms with Crippen LogP contribution in [0.3, 0.4) is 0 Å². The standard InChI is InChI=1S/C15H30N2/c1-13-8-9-17(15(10-13)11-16)12-14-6-4-2-3-5-7-14/h13-15H,2-12,16H2,1H3. The van der Waals surface area contributed by atoms with E-state index >= 15 is 0 Å². The Morgan fingerprint density at radius 2 is 1.76 bits per heavy atom. The fraction of sp³-hybridized carbons (Fsp3) is 1.00. The van der Waals surface area contributed by atoms with Crippen molar-refractivity contribution in [1.82, 2.24) is 4.90 Å². The molecule has 0 radical (unpaired) electrons. The van der Waals surface area contributed by atoms with E-state index in [0.29, 0.717) is 6.04 Å². The molecule has 2 unspecified atom stereocenters. The van der Waals surface area contributed by atoms with E-state index in [1.807, 2.05) is 0 Å². The lowest BCUT2D eigenvalue weighted by Gasteiger charge is -2.39. The van der Waals surface area contributed by atoms with Crippen molar-refractivity contribution in [2.45, 2.75) is 64.3 Å². The number of hydrogen-bond donors (Lipinski definition) is 1. The van der Waals surface area contributed by atoms with Gasteiger partial charge in [-0.05, 0) is 44.1 Å². The van der Waals surface area contributed by atoms with Gasteiger partial charge in [-0.1, -0.05) is 32.6 Å². The monoisotopic (exact) mass is 238 g/mol. The first-order chi connectivity index (χ1) is 8.29. The Hall–Kier alpha value is -0.0800. The molecule has 2 nitrogen and oxygen atoms in total. The van der Waals surface area contributed by atoms with Gasteiger partial charge < -0.3 is 5.73 Å². The summed E-state index contributed by atoms with van der Waals surface area (Å²) in [6, 6.07) is 0.669. The van der Waals surface area contributed by atoms with Gasteiger partial charge in [-0.25, -0.2) is 0 Å². The molecule has 2 N–H and O–H groups in total. The third-order valence-electron chi connectivity index (χ3n) is 4.84. The van der Waals surface area contributed by atoms with E-state index in [2.05, 4.69) is 11.8 Å². The van der Waals surface area contributed by atoms with Crippen LogP contribution >= 0.6 is 0 Å². The largest absolute Gasteiger partial charge is 0.329 e. The van der Waals surface area contributed by atoms with Gasteiger partial charge in [-0.3, -0.25) is 4.90 Å². The zero-order chi connectivity index (χ0) is 12.1. The van der Waals surface area contributed by atoms with Crippen LogP contribution in [-0.2, 0) is 0 Å². The van der Waals surface area contributed by atoms with Crippen LogP contribution in [0.1, 0.15) is 58.3 Å². The van der Waals surface area contributed by atoms with Gasteiger partial charge in [0, 0.05) is 19.1 Å². The van der Waals surface area contributed by atoms with Crippen molar-refractivity contribution in [3.63, 3.8) is 0 Å². The lowest BCUT2D eigenvalue weighted by molar-refractivity contribution is 0.0997. The summed E-state index contributed by atoms with van der Waals surface area (Å²) < 4.78 is 0. The average molecular weight is 238 g/mol. The Morgan fingerprint density at radius 3 is 2.41 bits per heavy atom. The first-order valence-electron chi connectivity index (χ1n) is 7.73. The van der Waals surface area contributed by atoms with Crippen LogP contribution < -0.4 is 5.73 Å². The van der Waals surface area contributed by atoms with Crippen LogP contribution in [0.5, 0.6) is 0 Å². The zero-order valence-corrected chi connectivity index (χ0v) is 11.5. The number of piperidine rings is 1. The van der Waals surface area contributed by atoms with E-state index in [-0.39, 0.29) is 0 Å². The summed E-state index contributed by atoms with van der Waals surface area (Å²) in [5, 5.41) is 0. The first-order valence-corrected chi connectivity index (χ1v) is 7.73. The van der Waals surface area contributed by atoms with Crippen molar-refractivity contribution < 1.29 is 0 Å². The van der Waals surface area contributed by atoms with Crippen LogP contribution in [-0.4, -0.2) is 30.6 Å². The lowest BCUT2D eigenvalue weighted by atomic mass is 9.90. The van der Waals surface area contributed by atoms with Crippen molar-refractivity contribution in [3.8, 4) is 0 Å². The smallest absolute Gasteiger partial charge is 0.0221 e. The minimum absolute atomic E-state index is 0.669. The number of likely N-dealkylation sites (tertiary alicyclic amines) is 1. The first kappa shape index (κ1) is 13.4. The van der Waals surface area contributed by atoms with E-state index in [0.717, 1.165) is 18.4 Å². The van der Waals surface area contributed by atoms with Crippen LogP contribution in [0.25, 0.3) is 0 Å². The maximum absolute atomic E-state index is 5.95. The average Bonchev–Trinajstić information content (AvgIpc) is 2.60. The van der Waals surface area contributed by atoms with Crippen LogP contribution in [0, 0.1) is 11.8 Å². The molecule has 0 bridgehead atoms. The van der Waals surface area contributed by atoms with Crippen molar-refractivity contribution in [3.05, 3.63) is 0 Å². The molecule has 2 aliphatic rings. The molecule has 0 aromatic rings. The van der Waals surface area contributed by atoms with Gasteiger partial charge in [0.25, 0.3) is 0 Å². The molecule has 1 saturated heterocycles. The number of rotatable bonds is 3. The maximum atomic E-state index is 5.95. The highest BCUT2D eigenvalue weighted by Gasteiger charge is 2.27. The molecule has 1 aliphatic carbocycles. The molecule has 17 heavy (non-hydrogen) atoms. The quantitative estimate of drug-likeness (QED) is 0.766.